The molecular formula is C23H19Cl2NO6. The minimum absolute atomic E-state index is 0.0533. The van der Waals surface area contributed by atoms with E-state index < -0.39 is 23.5 Å². The molecule has 1 aliphatic heterocycles. The van der Waals surface area contributed by atoms with Crippen LogP contribution >= 0.6 is 23.2 Å². The second kappa shape index (κ2) is 8.86. The number of carbonyl (C=O) groups is 2. The van der Waals surface area contributed by atoms with Crippen molar-refractivity contribution >= 4 is 45.9 Å². The molecule has 3 aromatic rings. The monoisotopic (exact) mass is 475 g/mol. The fourth-order valence-corrected chi connectivity index (χ4v) is 4.12. The van der Waals surface area contributed by atoms with E-state index in [1.54, 1.807) is 36.4 Å². The number of furan rings is 1. The number of hydrogen-bond acceptors (Lipinski definition) is 6. The van der Waals surface area contributed by atoms with E-state index in [0.717, 1.165) is 0 Å². The van der Waals surface area contributed by atoms with Crippen molar-refractivity contribution in [1.29, 1.82) is 0 Å². The highest BCUT2D eigenvalue weighted by atomic mass is 35.5. The Balaban J connectivity index is 1.82. The Kier molecular flexibility index (Phi) is 6.15. The maximum atomic E-state index is 13.5. The molecule has 9 heteroatoms. The zero-order valence-corrected chi connectivity index (χ0v) is 18.7. The van der Waals surface area contributed by atoms with Crippen LogP contribution in [0.2, 0.25) is 10.0 Å². The van der Waals surface area contributed by atoms with Crippen LogP contribution in [-0.4, -0.2) is 49.1 Å². The summed E-state index contributed by atoms with van der Waals surface area (Å²) in [7, 11) is 2.97. The summed E-state index contributed by atoms with van der Waals surface area (Å²) in [6.45, 7) is 0.401. The number of halogens is 2. The lowest BCUT2D eigenvalue weighted by atomic mass is 9.95. The molecule has 7 nitrogen and oxygen atoms in total. The van der Waals surface area contributed by atoms with E-state index in [1.165, 1.54) is 25.2 Å². The first-order valence-electron chi connectivity index (χ1n) is 9.66. The van der Waals surface area contributed by atoms with E-state index in [1.807, 2.05) is 0 Å². The van der Waals surface area contributed by atoms with Crippen molar-refractivity contribution in [1.82, 2.24) is 4.90 Å². The molecule has 32 heavy (non-hydrogen) atoms. The van der Waals surface area contributed by atoms with Gasteiger partial charge in [0.05, 0.1) is 25.3 Å². The lowest BCUT2D eigenvalue weighted by molar-refractivity contribution is -0.130. The number of fused-ring (bicyclic) bond motifs is 1. The first kappa shape index (κ1) is 22.2. The molecule has 2 heterocycles. The summed E-state index contributed by atoms with van der Waals surface area (Å²) >= 11 is 12.1. The Labute approximate surface area is 193 Å². The van der Waals surface area contributed by atoms with Crippen molar-refractivity contribution in [3.8, 4) is 5.75 Å². The predicted molar refractivity (Wildman–Crippen MR) is 120 cm³/mol. The highest BCUT2D eigenvalue weighted by Crippen LogP contribution is 2.40. The first-order chi connectivity index (χ1) is 15.3. The van der Waals surface area contributed by atoms with Crippen molar-refractivity contribution < 1.29 is 28.6 Å². The molecule has 1 unspecified atom stereocenters. The predicted octanol–water partition coefficient (Wildman–Crippen LogP) is 4.97. The number of aliphatic hydroxyl groups excluding tert-OH is 1. The third-order valence-corrected chi connectivity index (χ3v) is 5.73. The number of nitrogens with zero attached hydrogens (tertiary/aromatic N) is 1. The molecule has 0 saturated carbocycles. The first-order valence-corrected chi connectivity index (χ1v) is 10.4. The van der Waals surface area contributed by atoms with Crippen LogP contribution in [0.25, 0.3) is 11.0 Å². The highest BCUT2D eigenvalue weighted by Gasteiger charge is 2.44. The molecule has 0 bridgehead atoms. The number of aliphatic hydroxyl groups is 1. The van der Waals surface area contributed by atoms with Crippen LogP contribution in [0.1, 0.15) is 22.2 Å². The van der Waals surface area contributed by atoms with Crippen LogP contribution in [0.3, 0.4) is 0 Å². The summed E-state index contributed by atoms with van der Waals surface area (Å²) in [5.74, 6) is -1.60. The minimum Gasteiger partial charge on any atom is -0.503 e. The number of carbonyl (C=O) groups excluding carboxylic acids is 2. The van der Waals surface area contributed by atoms with E-state index in [0.29, 0.717) is 32.3 Å². The Bertz CT molecular complexity index is 1230. The van der Waals surface area contributed by atoms with E-state index in [4.69, 9.17) is 37.1 Å². The van der Waals surface area contributed by atoms with Gasteiger partial charge in [0, 0.05) is 35.2 Å². The third-order valence-electron chi connectivity index (χ3n) is 5.26. The number of Topliss-reactive ketones (excluding diaryl/α,β-unsaturated/α-hetero) is 1. The minimum atomic E-state index is -0.832. The van der Waals surface area contributed by atoms with E-state index in [-0.39, 0.29) is 24.5 Å². The standard InChI is InChI=1S/C23H19Cl2NO6/c1-30-8-7-26-19(12-3-5-14(24)6-4-12)18(21(28)23(26)29)20(27)16-10-13-9-15(25)11-17(31-2)22(13)32-16/h3-6,9-11,19,28H,7-8H2,1-2H3. The number of rotatable bonds is 7. The third kappa shape index (κ3) is 3.83. The smallest absolute Gasteiger partial charge is 0.290 e. The van der Waals surface area contributed by atoms with Gasteiger partial charge in [0.25, 0.3) is 5.91 Å². The molecule has 1 aromatic heterocycles. The van der Waals surface area contributed by atoms with Crippen LogP contribution in [0.4, 0.5) is 0 Å². The summed E-state index contributed by atoms with van der Waals surface area (Å²) in [4.78, 5) is 27.7. The Morgan fingerprint density at radius 3 is 2.50 bits per heavy atom. The molecule has 0 radical (unpaired) electrons. The quantitative estimate of drug-likeness (QED) is 0.485. The summed E-state index contributed by atoms with van der Waals surface area (Å²) in [5.41, 5.74) is 0.865. The fraction of sp³-hybridized carbons (Fsp3) is 0.217. The Morgan fingerprint density at radius 2 is 1.84 bits per heavy atom. The van der Waals surface area contributed by atoms with Gasteiger partial charge in [-0.15, -0.1) is 0 Å². The topological polar surface area (TPSA) is 89.2 Å². The SMILES string of the molecule is COCCN1C(=O)C(O)=C(C(=O)c2cc3cc(Cl)cc(OC)c3o2)C1c1ccc(Cl)cc1. The van der Waals surface area contributed by atoms with Crippen LogP contribution in [-0.2, 0) is 9.53 Å². The van der Waals surface area contributed by atoms with Crippen LogP contribution in [0, 0.1) is 0 Å². The molecule has 166 valence electrons. The van der Waals surface area contributed by atoms with Crippen molar-refractivity contribution in [2.75, 3.05) is 27.4 Å². The molecule has 0 spiro atoms. The van der Waals surface area contributed by atoms with E-state index in [2.05, 4.69) is 0 Å². The van der Waals surface area contributed by atoms with Crippen LogP contribution < -0.4 is 4.74 Å². The molecular weight excluding hydrogens is 457 g/mol. The molecule has 2 aromatic carbocycles. The summed E-state index contributed by atoms with van der Waals surface area (Å²) in [5, 5.41) is 12.2. The van der Waals surface area contributed by atoms with Crippen LogP contribution in [0.15, 0.2) is 58.2 Å². The van der Waals surface area contributed by atoms with E-state index in [9.17, 15) is 14.7 Å². The number of ether oxygens (including phenoxy) is 2. The summed E-state index contributed by atoms with van der Waals surface area (Å²) < 4.78 is 16.2. The maximum Gasteiger partial charge on any atom is 0.290 e. The number of methoxy groups -OCH3 is 2. The van der Waals surface area contributed by atoms with Gasteiger partial charge in [0.2, 0.25) is 5.78 Å². The van der Waals surface area contributed by atoms with Gasteiger partial charge >= 0.3 is 0 Å². The fourth-order valence-electron chi connectivity index (χ4n) is 3.78. The van der Waals surface area contributed by atoms with Crippen molar-refractivity contribution in [2.45, 2.75) is 6.04 Å². The van der Waals surface area contributed by atoms with Gasteiger partial charge in [-0.05, 0) is 29.8 Å². The van der Waals surface area contributed by atoms with Gasteiger partial charge in [-0.1, -0.05) is 35.3 Å². The van der Waals surface area contributed by atoms with Gasteiger partial charge in [-0.3, -0.25) is 9.59 Å². The van der Waals surface area contributed by atoms with Crippen LogP contribution in [0.5, 0.6) is 5.75 Å². The molecule has 0 aliphatic carbocycles. The van der Waals surface area contributed by atoms with Crippen molar-refractivity contribution in [3.63, 3.8) is 0 Å². The molecule has 1 aliphatic rings. The van der Waals surface area contributed by atoms with E-state index >= 15 is 0 Å². The van der Waals surface area contributed by atoms with Gasteiger partial charge in [-0.2, -0.15) is 0 Å². The summed E-state index contributed by atoms with van der Waals surface area (Å²) in [6.07, 6.45) is 0. The number of amides is 1. The average molecular weight is 476 g/mol. The van der Waals surface area contributed by atoms with Gasteiger partial charge in [0.15, 0.2) is 22.9 Å². The number of hydrogen-bond donors (Lipinski definition) is 1. The molecule has 1 N–H and O–H groups in total. The molecule has 0 saturated heterocycles. The lowest BCUT2D eigenvalue weighted by Gasteiger charge is -2.26. The average Bonchev–Trinajstić information content (AvgIpc) is 3.31. The van der Waals surface area contributed by atoms with Gasteiger partial charge in [0.1, 0.15) is 0 Å². The normalized spacial score (nSPS) is 16.3. The second-order valence-electron chi connectivity index (χ2n) is 7.17. The number of benzene rings is 2. The maximum absolute atomic E-state index is 13.5. The van der Waals surface area contributed by atoms with Gasteiger partial charge in [-0.25, -0.2) is 0 Å². The van der Waals surface area contributed by atoms with Crippen molar-refractivity contribution in [3.05, 3.63) is 75.2 Å². The molecule has 4 rings (SSSR count). The summed E-state index contributed by atoms with van der Waals surface area (Å²) in [6, 6.07) is 10.6. The highest BCUT2D eigenvalue weighted by molar-refractivity contribution is 6.31. The lowest BCUT2D eigenvalue weighted by Crippen LogP contribution is -2.33. The Hall–Kier alpha value is -3.00. The zero-order valence-electron chi connectivity index (χ0n) is 17.2. The second-order valence-corrected chi connectivity index (χ2v) is 8.05. The largest absolute Gasteiger partial charge is 0.503 e. The molecule has 1 amide bonds. The number of ketones is 1. The van der Waals surface area contributed by atoms with Gasteiger partial charge < -0.3 is 23.9 Å². The molecule has 1 atom stereocenters. The van der Waals surface area contributed by atoms with Crippen molar-refractivity contribution in [2.24, 2.45) is 0 Å². The Morgan fingerprint density at radius 1 is 1.12 bits per heavy atom. The molecule has 0 fully saturated rings. The zero-order chi connectivity index (χ0) is 23.0.